The zero-order valence-electron chi connectivity index (χ0n) is 26.2. The van der Waals surface area contributed by atoms with Gasteiger partial charge in [-0.1, -0.05) is 97.4 Å². The molecule has 6 rings (SSSR count). The van der Waals surface area contributed by atoms with Gasteiger partial charge in [-0.3, -0.25) is 9.59 Å². The quantitative estimate of drug-likeness (QED) is 0.214. The maximum absolute atomic E-state index is 14.2. The van der Waals surface area contributed by atoms with Crippen LogP contribution in [-0.4, -0.2) is 73.0 Å². The lowest BCUT2D eigenvalue weighted by atomic mass is 9.90. The summed E-state index contributed by atoms with van der Waals surface area (Å²) < 4.78 is 0. The first-order valence-electron chi connectivity index (χ1n) is 16.8. The van der Waals surface area contributed by atoms with Gasteiger partial charge in [-0.2, -0.15) is 0 Å². The highest BCUT2D eigenvalue weighted by atomic mass is 16.2. The molecule has 2 aliphatic heterocycles. The van der Waals surface area contributed by atoms with Crippen LogP contribution in [0.25, 0.3) is 10.8 Å². The van der Waals surface area contributed by atoms with Crippen LogP contribution in [0.4, 0.5) is 0 Å². The monoisotopic (exact) mass is 602 g/mol. The highest BCUT2D eigenvalue weighted by Crippen LogP contribution is 2.27. The molecule has 2 atom stereocenters. The third-order valence-corrected chi connectivity index (χ3v) is 9.57. The summed E-state index contributed by atoms with van der Waals surface area (Å²) in [5.74, 6) is 0.255. The number of hydrogen-bond acceptors (Lipinski definition) is 4. The lowest BCUT2D eigenvalue weighted by molar-refractivity contribution is -0.133. The van der Waals surface area contributed by atoms with Crippen molar-refractivity contribution < 1.29 is 9.59 Å². The molecule has 4 aromatic rings. The summed E-state index contributed by atoms with van der Waals surface area (Å²) in [6.45, 7) is 5.10. The van der Waals surface area contributed by atoms with E-state index in [-0.39, 0.29) is 29.8 Å². The summed E-state index contributed by atoms with van der Waals surface area (Å²) in [6, 6.07) is 35.0. The van der Waals surface area contributed by atoms with Crippen LogP contribution < -0.4 is 10.6 Å². The molecule has 2 saturated heterocycles. The number of benzene rings is 4. The smallest absolute Gasteiger partial charge is 0.251 e. The van der Waals surface area contributed by atoms with Crippen molar-refractivity contribution >= 4 is 22.6 Å². The zero-order valence-corrected chi connectivity index (χ0v) is 26.2. The molecule has 2 aliphatic rings. The first-order chi connectivity index (χ1) is 22.1. The maximum atomic E-state index is 14.2. The number of rotatable bonds is 11. The van der Waals surface area contributed by atoms with E-state index in [1.807, 2.05) is 48.5 Å². The average Bonchev–Trinajstić information content (AvgIpc) is 3.24. The Balaban J connectivity index is 1.14. The predicted molar refractivity (Wildman–Crippen MR) is 182 cm³/mol. The minimum absolute atomic E-state index is 0.0534. The van der Waals surface area contributed by atoms with Gasteiger partial charge in [-0.05, 0) is 79.2 Å². The van der Waals surface area contributed by atoms with Crippen molar-refractivity contribution in [2.24, 2.45) is 0 Å². The van der Waals surface area contributed by atoms with Crippen LogP contribution >= 0.6 is 0 Å². The molecular formula is C39H46N4O2. The normalized spacial score (nSPS) is 19.5. The van der Waals surface area contributed by atoms with Gasteiger partial charge in [0.2, 0.25) is 5.91 Å². The van der Waals surface area contributed by atoms with Crippen molar-refractivity contribution in [3.63, 3.8) is 0 Å². The summed E-state index contributed by atoms with van der Waals surface area (Å²) >= 11 is 0. The van der Waals surface area contributed by atoms with E-state index in [1.165, 1.54) is 30.4 Å². The number of nitrogens with zero attached hydrogens (tertiary/aromatic N) is 2. The fraction of sp³-hybridized carbons (Fsp3) is 0.385. The van der Waals surface area contributed by atoms with Gasteiger partial charge in [-0.25, -0.2) is 0 Å². The molecule has 6 nitrogen and oxygen atoms in total. The third kappa shape index (κ3) is 8.19. The van der Waals surface area contributed by atoms with Crippen molar-refractivity contribution in [2.75, 3.05) is 39.3 Å². The summed E-state index contributed by atoms with van der Waals surface area (Å²) in [5, 5.41) is 9.09. The second-order valence-corrected chi connectivity index (χ2v) is 12.7. The highest BCUT2D eigenvalue weighted by molar-refractivity contribution is 5.98. The first kappa shape index (κ1) is 31.0. The van der Waals surface area contributed by atoms with E-state index in [0.717, 1.165) is 49.7 Å². The molecule has 0 unspecified atom stereocenters. The van der Waals surface area contributed by atoms with Crippen molar-refractivity contribution in [1.82, 2.24) is 20.4 Å². The van der Waals surface area contributed by atoms with Gasteiger partial charge in [0.25, 0.3) is 5.91 Å². The van der Waals surface area contributed by atoms with Crippen molar-refractivity contribution in [2.45, 2.75) is 56.5 Å². The van der Waals surface area contributed by atoms with Crippen LogP contribution in [0.3, 0.4) is 0 Å². The zero-order chi connectivity index (χ0) is 30.8. The van der Waals surface area contributed by atoms with Gasteiger partial charge >= 0.3 is 0 Å². The Bertz CT molecular complexity index is 1500. The van der Waals surface area contributed by atoms with Gasteiger partial charge in [0, 0.05) is 43.7 Å². The molecule has 45 heavy (non-hydrogen) atoms. The van der Waals surface area contributed by atoms with Crippen molar-refractivity contribution in [1.29, 1.82) is 0 Å². The Morgan fingerprint density at radius 1 is 0.778 bits per heavy atom. The molecule has 2 fully saturated rings. The Kier molecular flexibility index (Phi) is 10.6. The molecule has 6 heteroatoms. The molecule has 0 saturated carbocycles. The summed E-state index contributed by atoms with van der Waals surface area (Å²) in [5.41, 5.74) is 3.13. The molecular weight excluding hydrogens is 556 g/mol. The lowest BCUT2D eigenvalue weighted by Gasteiger charge is -2.31. The van der Waals surface area contributed by atoms with E-state index < -0.39 is 0 Å². The Labute approximate surface area is 267 Å². The second-order valence-electron chi connectivity index (χ2n) is 12.7. The number of fused-ring (bicyclic) bond motifs is 1. The van der Waals surface area contributed by atoms with E-state index in [1.54, 1.807) is 0 Å². The summed E-state index contributed by atoms with van der Waals surface area (Å²) in [4.78, 5) is 31.9. The van der Waals surface area contributed by atoms with Crippen LogP contribution in [0, 0.1) is 0 Å². The Morgan fingerprint density at radius 2 is 1.44 bits per heavy atom. The number of amides is 2. The predicted octanol–water partition coefficient (Wildman–Crippen LogP) is 6.23. The van der Waals surface area contributed by atoms with Gasteiger partial charge in [0.15, 0.2) is 0 Å². The van der Waals surface area contributed by atoms with Crippen LogP contribution in [0.2, 0.25) is 0 Å². The molecule has 0 aromatic heterocycles. The van der Waals surface area contributed by atoms with E-state index in [4.69, 9.17) is 0 Å². The number of carbonyl (C=O) groups excluding carboxylic acids is 2. The van der Waals surface area contributed by atoms with E-state index in [0.29, 0.717) is 25.2 Å². The van der Waals surface area contributed by atoms with Crippen LogP contribution in [0.1, 0.15) is 65.9 Å². The molecule has 2 heterocycles. The molecule has 2 amide bonds. The minimum atomic E-state index is -0.234. The van der Waals surface area contributed by atoms with E-state index in [9.17, 15) is 9.59 Å². The molecule has 0 aliphatic carbocycles. The number of piperidine rings is 1. The Morgan fingerprint density at radius 3 is 2.16 bits per heavy atom. The molecule has 0 radical (unpaired) electrons. The molecule has 234 valence electrons. The molecule has 0 bridgehead atoms. The minimum Gasteiger partial charge on any atom is -0.352 e. The molecule has 2 N–H and O–H groups in total. The SMILES string of the molecule is O=C(NCC[C@@H]1CCN(CC(c2ccccc2)c2ccccc2)C(=O)[C@H](CCN2CCCCC2)N1)c1ccc2ccccc2c1. The third-order valence-electron chi connectivity index (χ3n) is 9.57. The van der Waals surface area contributed by atoms with Crippen LogP contribution in [-0.2, 0) is 4.79 Å². The topological polar surface area (TPSA) is 64.7 Å². The number of likely N-dealkylation sites (tertiary alicyclic amines) is 1. The summed E-state index contributed by atoms with van der Waals surface area (Å²) in [7, 11) is 0. The van der Waals surface area contributed by atoms with Gasteiger partial charge < -0.3 is 20.4 Å². The highest BCUT2D eigenvalue weighted by Gasteiger charge is 2.33. The van der Waals surface area contributed by atoms with E-state index >= 15 is 0 Å². The van der Waals surface area contributed by atoms with Crippen LogP contribution in [0.15, 0.2) is 103 Å². The van der Waals surface area contributed by atoms with Gasteiger partial charge in [-0.15, -0.1) is 0 Å². The van der Waals surface area contributed by atoms with Crippen LogP contribution in [0.5, 0.6) is 0 Å². The first-order valence-corrected chi connectivity index (χ1v) is 16.8. The lowest BCUT2D eigenvalue weighted by Crippen LogP contribution is -2.48. The standard InChI is InChI=1S/C39H46N4O2/c44-38(34-19-18-30-12-8-9-17-33(30)28-34)40-23-20-35-21-27-43(39(45)37(41-35)22-26-42-24-10-3-11-25-42)29-36(31-13-4-1-5-14-31)32-15-6-2-7-16-32/h1-2,4-9,12-19,28,35-37,41H,3,10-11,20-27,29H2,(H,40,44)/t35-,37+/m1/s1. The number of nitrogens with one attached hydrogen (secondary N) is 2. The molecule has 4 aromatic carbocycles. The number of carbonyl (C=O) groups is 2. The largest absolute Gasteiger partial charge is 0.352 e. The fourth-order valence-corrected chi connectivity index (χ4v) is 6.98. The van der Waals surface area contributed by atoms with Crippen molar-refractivity contribution in [3.05, 3.63) is 120 Å². The summed E-state index contributed by atoms with van der Waals surface area (Å²) in [6.07, 6.45) is 6.23. The van der Waals surface area contributed by atoms with E-state index in [2.05, 4.69) is 75.0 Å². The van der Waals surface area contributed by atoms with Gasteiger partial charge in [0.05, 0.1) is 6.04 Å². The Hall–Kier alpha value is -4.00. The van der Waals surface area contributed by atoms with Gasteiger partial charge in [0.1, 0.15) is 0 Å². The average molecular weight is 603 g/mol. The maximum Gasteiger partial charge on any atom is 0.251 e. The molecule has 0 spiro atoms. The number of hydrogen-bond donors (Lipinski definition) is 2. The van der Waals surface area contributed by atoms with Crippen molar-refractivity contribution in [3.8, 4) is 0 Å². The second kappa shape index (κ2) is 15.3. The fourth-order valence-electron chi connectivity index (χ4n) is 6.98.